The highest BCUT2D eigenvalue weighted by Crippen LogP contribution is 2.26. The van der Waals surface area contributed by atoms with Crippen LogP contribution in [0.15, 0.2) is 35.3 Å². The number of nitrogens with zero attached hydrogens (tertiary/aromatic N) is 4. The van der Waals surface area contributed by atoms with Gasteiger partial charge in [-0.15, -0.1) is 0 Å². The Bertz CT molecular complexity index is 553. The molecule has 0 aliphatic carbocycles. The average Bonchev–Trinajstić information content (AvgIpc) is 2.33. The summed E-state index contributed by atoms with van der Waals surface area (Å²) in [5.74, 6) is 0.651. The van der Waals surface area contributed by atoms with Crippen LogP contribution in [0.2, 0.25) is 0 Å². The highest BCUT2D eigenvalue weighted by Gasteiger charge is 2.09. The van der Waals surface area contributed by atoms with Crippen molar-refractivity contribution in [2.45, 2.75) is 0 Å². The summed E-state index contributed by atoms with van der Waals surface area (Å²) in [4.78, 5) is 11.8. The zero-order valence-corrected chi connectivity index (χ0v) is 9.55. The maximum absolute atomic E-state index is 8.81. The molecule has 2 rings (SSSR count). The second kappa shape index (κ2) is 4.68. The first-order chi connectivity index (χ1) is 7.81. The Hall–Kier alpha value is -2.00. The molecule has 0 fully saturated rings. The molecular formula is C10H5BrN4O. The van der Waals surface area contributed by atoms with E-state index in [0.29, 0.717) is 10.4 Å². The van der Waals surface area contributed by atoms with Gasteiger partial charge in [0.05, 0.1) is 0 Å². The van der Waals surface area contributed by atoms with Crippen LogP contribution in [-0.2, 0) is 0 Å². The van der Waals surface area contributed by atoms with Crippen molar-refractivity contribution in [3.63, 3.8) is 0 Å². The van der Waals surface area contributed by atoms with Gasteiger partial charge in [0.25, 0.3) is 5.88 Å². The minimum absolute atomic E-state index is 0.137. The van der Waals surface area contributed by atoms with E-state index in [0.717, 1.165) is 0 Å². The van der Waals surface area contributed by atoms with Crippen LogP contribution in [0.3, 0.4) is 0 Å². The number of rotatable bonds is 2. The van der Waals surface area contributed by atoms with Crippen molar-refractivity contribution in [3.8, 4) is 17.7 Å². The minimum atomic E-state index is 0.137. The molecule has 5 nitrogen and oxygen atoms in total. The molecule has 6 heteroatoms. The van der Waals surface area contributed by atoms with Gasteiger partial charge in [0.1, 0.15) is 10.7 Å². The number of hydrogen-bond acceptors (Lipinski definition) is 5. The van der Waals surface area contributed by atoms with Crippen molar-refractivity contribution in [1.29, 1.82) is 5.26 Å². The van der Waals surface area contributed by atoms with Gasteiger partial charge in [0.2, 0.25) is 5.69 Å². The molecule has 16 heavy (non-hydrogen) atoms. The van der Waals surface area contributed by atoms with E-state index in [4.69, 9.17) is 10.00 Å². The first kappa shape index (κ1) is 10.5. The van der Waals surface area contributed by atoms with Crippen LogP contribution >= 0.6 is 15.9 Å². The lowest BCUT2D eigenvalue weighted by atomic mass is 10.4. The molecule has 2 heterocycles. The van der Waals surface area contributed by atoms with E-state index in [1.807, 2.05) is 6.07 Å². The molecule has 0 radical (unpaired) electrons. The second-order valence-electron chi connectivity index (χ2n) is 2.72. The van der Waals surface area contributed by atoms with Gasteiger partial charge >= 0.3 is 0 Å². The van der Waals surface area contributed by atoms with Crippen LogP contribution in [0.1, 0.15) is 5.69 Å². The van der Waals surface area contributed by atoms with Crippen molar-refractivity contribution < 1.29 is 4.74 Å². The molecule has 0 aromatic carbocycles. The smallest absolute Gasteiger partial charge is 0.256 e. The lowest BCUT2D eigenvalue weighted by Crippen LogP contribution is -1.94. The van der Waals surface area contributed by atoms with Gasteiger partial charge in [-0.1, -0.05) is 0 Å². The zero-order chi connectivity index (χ0) is 11.4. The largest absolute Gasteiger partial charge is 0.434 e. The topological polar surface area (TPSA) is 71.7 Å². The summed E-state index contributed by atoms with van der Waals surface area (Å²) in [6.07, 6.45) is 4.52. The molecule has 0 bridgehead atoms. The summed E-state index contributed by atoms with van der Waals surface area (Å²) < 4.78 is 5.97. The van der Waals surface area contributed by atoms with Crippen LogP contribution in [0.5, 0.6) is 11.6 Å². The Kier molecular flexibility index (Phi) is 3.08. The maximum Gasteiger partial charge on any atom is 0.256 e. The Balaban J connectivity index is 2.35. The summed E-state index contributed by atoms with van der Waals surface area (Å²) >= 11 is 3.23. The van der Waals surface area contributed by atoms with Crippen molar-refractivity contribution in [1.82, 2.24) is 15.0 Å². The van der Waals surface area contributed by atoms with Crippen LogP contribution < -0.4 is 4.74 Å². The number of nitriles is 1. The fraction of sp³-hybridized carbons (Fsp3) is 0. The summed E-state index contributed by atoms with van der Waals surface area (Å²) in [5, 5.41) is 8.81. The van der Waals surface area contributed by atoms with Crippen LogP contribution in [0.4, 0.5) is 0 Å². The summed E-state index contributed by atoms with van der Waals surface area (Å²) in [6.45, 7) is 0. The SMILES string of the molecule is N#Cc1nccnc1Oc1cccnc1Br. The molecule has 0 saturated heterocycles. The molecule has 0 saturated carbocycles. The summed E-state index contributed by atoms with van der Waals surface area (Å²) in [5.41, 5.74) is 0.137. The van der Waals surface area contributed by atoms with Gasteiger partial charge in [0.15, 0.2) is 5.75 Å². The molecule has 0 spiro atoms. The van der Waals surface area contributed by atoms with Gasteiger partial charge in [0, 0.05) is 18.6 Å². The molecular weight excluding hydrogens is 272 g/mol. The number of aromatic nitrogens is 3. The van der Waals surface area contributed by atoms with E-state index in [2.05, 4.69) is 30.9 Å². The molecule has 2 aromatic heterocycles. The Morgan fingerprint density at radius 2 is 2.00 bits per heavy atom. The van der Waals surface area contributed by atoms with E-state index in [9.17, 15) is 0 Å². The van der Waals surface area contributed by atoms with E-state index >= 15 is 0 Å². The molecule has 0 unspecified atom stereocenters. The number of halogens is 1. The average molecular weight is 277 g/mol. The summed E-state index contributed by atoms with van der Waals surface area (Å²) in [7, 11) is 0. The standard InChI is InChI=1S/C10H5BrN4O/c11-9-8(2-1-3-14-9)16-10-7(6-12)13-4-5-15-10/h1-5H. The van der Waals surface area contributed by atoms with Crippen molar-refractivity contribution >= 4 is 15.9 Å². The highest BCUT2D eigenvalue weighted by atomic mass is 79.9. The van der Waals surface area contributed by atoms with Gasteiger partial charge in [-0.05, 0) is 28.1 Å². The first-order valence-corrected chi connectivity index (χ1v) is 5.10. The van der Waals surface area contributed by atoms with Gasteiger partial charge in [-0.25, -0.2) is 15.0 Å². The predicted octanol–water partition coefficient (Wildman–Crippen LogP) is 2.30. The van der Waals surface area contributed by atoms with Crippen LogP contribution in [0, 0.1) is 11.3 Å². The molecule has 0 aliphatic rings. The maximum atomic E-state index is 8.81. The third kappa shape index (κ3) is 2.15. The van der Waals surface area contributed by atoms with Crippen molar-refractivity contribution in [2.75, 3.05) is 0 Å². The van der Waals surface area contributed by atoms with Crippen LogP contribution in [-0.4, -0.2) is 15.0 Å². The number of ether oxygens (including phenoxy) is 1. The van der Waals surface area contributed by atoms with E-state index in [-0.39, 0.29) is 11.6 Å². The zero-order valence-electron chi connectivity index (χ0n) is 7.96. The second-order valence-corrected chi connectivity index (χ2v) is 3.47. The minimum Gasteiger partial charge on any atom is -0.434 e. The van der Waals surface area contributed by atoms with E-state index in [1.54, 1.807) is 18.3 Å². The van der Waals surface area contributed by atoms with Crippen molar-refractivity contribution in [3.05, 3.63) is 41.0 Å². The molecule has 0 atom stereocenters. The fourth-order valence-corrected chi connectivity index (χ4v) is 1.36. The van der Waals surface area contributed by atoms with Gasteiger partial charge in [-0.3, -0.25) is 0 Å². The Labute approximate surface area is 99.9 Å². The third-order valence-corrected chi connectivity index (χ3v) is 2.30. The summed E-state index contributed by atoms with van der Waals surface area (Å²) in [6, 6.07) is 5.34. The van der Waals surface area contributed by atoms with Gasteiger partial charge in [-0.2, -0.15) is 5.26 Å². The first-order valence-electron chi connectivity index (χ1n) is 4.30. The van der Waals surface area contributed by atoms with Crippen LogP contribution in [0.25, 0.3) is 0 Å². The Morgan fingerprint density at radius 3 is 2.75 bits per heavy atom. The van der Waals surface area contributed by atoms with E-state index < -0.39 is 0 Å². The molecule has 0 N–H and O–H groups in total. The highest BCUT2D eigenvalue weighted by molar-refractivity contribution is 9.10. The monoisotopic (exact) mass is 276 g/mol. The normalized spacial score (nSPS) is 9.50. The Morgan fingerprint density at radius 1 is 1.19 bits per heavy atom. The fourth-order valence-electron chi connectivity index (χ4n) is 1.03. The molecule has 0 aliphatic heterocycles. The lowest BCUT2D eigenvalue weighted by Gasteiger charge is -2.05. The predicted molar refractivity (Wildman–Crippen MR) is 58.8 cm³/mol. The lowest BCUT2D eigenvalue weighted by molar-refractivity contribution is 0.452. The van der Waals surface area contributed by atoms with E-state index in [1.165, 1.54) is 12.4 Å². The molecule has 2 aromatic rings. The van der Waals surface area contributed by atoms with Crippen molar-refractivity contribution in [2.24, 2.45) is 0 Å². The molecule has 0 amide bonds. The van der Waals surface area contributed by atoms with Gasteiger partial charge < -0.3 is 4.74 Å². The number of hydrogen-bond donors (Lipinski definition) is 0. The molecule has 78 valence electrons. The quantitative estimate of drug-likeness (QED) is 0.787. The number of pyridine rings is 1. The third-order valence-electron chi connectivity index (χ3n) is 1.70.